The van der Waals surface area contributed by atoms with Crippen LogP contribution in [0, 0.1) is 6.92 Å². The average molecular weight is 375 g/mol. The van der Waals surface area contributed by atoms with Crippen LogP contribution in [0.1, 0.15) is 11.3 Å². The highest BCUT2D eigenvalue weighted by atomic mass is 16.5. The number of anilines is 2. The SMILES string of the molecule is CO[C@@H]1CN(c2ccnc(NCc3cn(CCO)nc3C)n2)C[C@@H]1N(C)C. The zero-order valence-electron chi connectivity index (χ0n) is 16.5. The quantitative estimate of drug-likeness (QED) is 0.683. The largest absolute Gasteiger partial charge is 0.394 e. The molecule has 2 aromatic rings. The van der Waals surface area contributed by atoms with E-state index in [0.717, 1.165) is 30.2 Å². The van der Waals surface area contributed by atoms with E-state index in [2.05, 4.69) is 44.3 Å². The average Bonchev–Trinajstić information content (AvgIpc) is 3.24. The van der Waals surface area contributed by atoms with E-state index in [4.69, 9.17) is 9.84 Å². The van der Waals surface area contributed by atoms with Crippen molar-refractivity contribution in [3.8, 4) is 0 Å². The number of aliphatic hydroxyl groups excluding tert-OH is 1. The summed E-state index contributed by atoms with van der Waals surface area (Å²) in [6, 6.07) is 2.27. The molecule has 2 N–H and O–H groups in total. The molecule has 3 heterocycles. The molecular weight excluding hydrogens is 346 g/mol. The number of hydrogen-bond acceptors (Lipinski definition) is 8. The molecule has 2 aromatic heterocycles. The fraction of sp³-hybridized carbons (Fsp3) is 0.611. The van der Waals surface area contributed by atoms with Gasteiger partial charge in [-0.25, -0.2) is 4.98 Å². The first-order chi connectivity index (χ1) is 13.0. The van der Waals surface area contributed by atoms with Crippen molar-refractivity contribution in [2.75, 3.05) is 51.1 Å². The molecule has 1 saturated heterocycles. The Hall–Kier alpha value is -2.23. The van der Waals surface area contributed by atoms with Gasteiger partial charge in [0.15, 0.2) is 0 Å². The molecule has 9 nitrogen and oxygen atoms in total. The molecule has 0 amide bonds. The fourth-order valence-corrected chi connectivity index (χ4v) is 3.41. The van der Waals surface area contributed by atoms with Gasteiger partial charge in [0.1, 0.15) is 5.82 Å². The zero-order valence-corrected chi connectivity index (χ0v) is 16.5. The molecule has 2 atom stereocenters. The van der Waals surface area contributed by atoms with Crippen LogP contribution in [0.3, 0.4) is 0 Å². The Bertz CT molecular complexity index is 749. The zero-order chi connectivity index (χ0) is 19.4. The normalized spacial score (nSPS) is 19.9. The molecule has 1 aliphatic heterocycles. The van der Waals surface area contributed by atoms with Crippen LogP contribution in [-0.4, -0.2) is 82.8 Å². The van der Waals surface area contributed by atoms with E-state index in [1.165, 1.54) is 0 Å². The summed E-state index contributed by atoms with van der Waals surface area (Å²) in [4.78, 5) is 13.4. The van der Waals surface area contributed by atoms with Crippen LogP contribution in [-0.2, 0) is 17.8 Å². The van der Waals surface area contributed by atoms with Gasteiger partial charge >= 0.3 is 0 Å². The number of aromatic nitrogens is 4. The smallest absolute Gasteiger partial charge is 0.224 e. The molecule has 9 heteroatoms. The monoisotopic (exact) mass is 375 g/mol. The molecule has 0 bridgehead atoms. The number of nitrogens with zero attached hydrogens (tertiary/aromatic N) is 6. The maximum absolute atomic E-state index is 9.04. The number of rotatable bonds is 8. The highest BCUT2D eigenvalue weighted by Gasteiger charge is 2.35. The van der Waals surface area contributed by atoms with Gasteiger partial charge in [-0.1, -0.05) is 0 Å². The Balaban J connectivity index is 1.66. The van der Waals surface area contributed by atoms with Crippen LogP contribution in [0.2, 0.25) is 0 Å². The standard InChI is InChI=1S/C18H29N7O2/c1-13-14(10-25(22-13)7-8-26)9-20-18-19-6-5-17(21-18)24-11-15(23(2)3)16(12-24)27-4/h5-6,10,15-16,26H,7-9,11-12H2,1-4H3,(H,19,20,21)/t15-,16+/m0/s1. The minimum atomic E-state index is 0.0748. The molecule has 0 aliphatic carbocycles. The van der Waals surface area contributed by atoms with Crippen molar-refractivity contribution in [2.24, 2.45) is 0 Å². The van der Waals surface area contributed by atoms with Gasteiger partial charge in [-0.3, -0.25) is 4.68 Å². The van der Waals surface area contributed by atoms with Crippen molar-refractivity contribution < 1.29 is 9.84 Å². The summed E-state index contributed by atoms with van der Waals surface area (Å²) < 4.78 is 7.39. The Morgan fingerprint density at radius 1 is 1.37 bits per heavy atom. The Kier molecular flexibility index (Phi) is 6.25. The van der Waals surface area contributed by atoms with Gasteiger partial charge < -0.3 is 25.0 Å². The van der Waals surface area contributed by atoms with Gasteiger partial charge in [0, 0.05) is 44.7 Å². The number of aryl methyl sites for hydroxylation is 1. The van der Waals surface area contributed by atoms with Crippen LogP contribution in [0.5, 0.6) is 0 Å². The van der Waals surface area contributed by atoms with Gasteiger partial charge in [0.2, 0.25) is 5.95 Å². The third kappa shape index (κ3) is 4.55. The lowest BCUT2D eigenvalue weighted by atomic mass is 10.2. The molecule has 27 heavy (non-hydrogen) atoms. The van der Waals surface area contributed by atoms with E-state index in [-0.39, 0.29) is 12.7 Å². The lowest BCUT2D eigenvalue weighted by Crippen LogP contribution is -2.39. The summed E-state index contributed by atoms with van der Waals surface area (Å²) in [5.41, 5.74) is 1.99. The minimum absolute atomic E-state index is 0.0748. The molecule has 3 rings (SSSR count). The summed E-state index contributed by atoms with van der Waals surface area (Å²) >= 11 is 0. The summed E-state index contributed by atoms with van der Waals surface area (Å²) in [5, 5.41) is 16.7. The van der Waals surface area contributed by atoms with Crippen molar-refractivity contribution in [1.82, 2.24) is 24.6 Å². The summed E-state index contributed by atoms with van der Waals surface area (Å²) in [5.74, 6) is 1.48. The fourth-order valence-electron chi connectivity index (χ4n) is 3.41. The third-order valence-electron chi connectivity index (χ3n) is 4.98. The molecule has 1 fully saturated rings. The number of aliphatic hydroxyl groups is 1. The maximum Gasteiger partial charge on any atom is 0.224 e. The number of ether oxygens (including phenoxy) is 1. The molecule has 0 spiro atoms. The maximum atomic E-state index is 9.04. The predicted octanol–water partition coefficient (Wildman–Crippen LogP) is 0.351. The topological polar surface area (TPSA) is 91.6 Å². The van der Waals surface area contributed by atoms with Crippen molar-refractivity contribution in [2.45, 2.75) is 32.2 Å². The molecule has 1 aliphatic rings. The molecule has 0 unspecified atom stereocenters. The second kappa shape index (κ2) is 8.64. The lowest BCUT2D eigenvalue weighted by molar-refractivity contribution is 0.0639. The van der Waals surface area contributed by atoms with Crippen molar-refractivity contribution in [3.63, 3.8) is 0 Å². The van der Waals surface area contributed by atoms with Crippen molar-refractivity contribution in [1.29, 1.82) is 0 Å². The first kappa shape index (κ1) is 19.5. The Morgan fingerprint density at radius 3 is 2.85 bits per heavy atom. The van der Waals surface area contributed by atoms with Gasteiger partial charge in [-0.2, -0.15) is 10.1 Å². The van der Waals surface area contributed by atoms with Crippen LogP contribution in [0.15, 0.2) is 18.5 Å². The van der Waals surface area contributed by atoms with E-state index in [1.54, 1.807) is 18.0 Å². The van der Waals surface area contributed by atoms with Gasteiger partial charge in [-0.05, 0) is 27.1 Å². The summed E-state index contributed by atoms with van der Waals surface area (Å²) in [7, 11) is 5.91. The van der Waals surface area contributed by atoms with Gasteiger partial charge in [0.05, 0.1) is 31.0 Å². The second-order valence-electron chi connectivity index (χ2n) is 7.03. The summed E-state index contributed by atoms with van der Waals surface area (Å²) in [6.45, 7) is 4.79. The molecule has 0 saturated carbocycles. The van der Waals surface area contributed by atoms with E-state index < -0.39 is 0 Å². The molecule has 148 valence electrons. The first-order valence-corrected chi connectivity index (χ1v) is 9.16. The van der Waals surface area contributed by atoms with E-state index in [0.29, 0.717) is 25.1 Å². The van der Waals surface area contributed by atoms with Crippen LogP contribution >= 0.6 is 0 Å². The highest BCUT2D eigenvalue weighted by Crippen LogP contribution is 2.23. The van der Waals surface area contributed by atoms with Gasteiger partial charge in [-0.15, -0.1) is 0 Å². The summed E-state index contributed by atoms with van der Waals surface area (Å²) in [6.07, 6.45) is 3.87. The number of hydrogen-bond donors (Lipinski definition) is 2. The van der Waals surface area contributed by atoms with E-state index in [1.807, 2.05) is 19.2 Å². The first-order valence-electron chi connectivity index (χ1n) is 9.16. The van der Waals surface area contributed by atoms with Crippen molar-refractivity contribution >= 4 is 11.8 Å². The second-order valence-corrected chi connectivity index (χ2v) is 7.03. The van der Waals surface area contributed by atoms with E-state index in [9.17, 15) is 0 Å². The van der Waals surface area contributed by atoms with Crippen LogP contribution in [0.4, 0.5) is 11.8 Å². The molecular formula is C18H29N7O2. The number of methoxy groups -OCH3 is 1. The van der Waals surface area contributed by atoms with Crippen molar-refractivity contribution in [3.05, 3.63) is 29.7 Å². The molecule has 0 radical (unpaired) electrons. The predicted molar refractivity (Wildman–Crippen MR) is 104 cm³/mol. The third-order valence-corrected chi connectivity index (χ3v) is 4.98. The van der Waals surface area contributed by atoms with Gasteiger partial charge in [0.25, 0.3) is 0 Å². The van der Waals surface area contributed by atoms with Crippen LogP contribution in [0.25, 0.3) is 0 Å². The Labute approximate surface area is 160 Å². The number of nitrogens with one attached hydrogen (secondary N) is 1. The van der Waals surface area contributed by atoms with Crippen LogP contribution < -0.4 is 10.2 Å². The number of likely N-dealkylation sites (N-methyl/N-ethyl adjacent to an activating group) is 1. The Morgan fingerprint density at radius 2 is 2.19 bits per heavy atom. The lowest BCUT2D eigenvalue weighted by Gasteiger charge is -2.23. The minimum Gasteiger partial charge on any atom is -0.394 e. The highest BCUT2D eigenvalue weighted by molar-refractivity contribution is 5.44. The molecule has 0 aromatic carbocycles. The van der Waals surface area contributed by atoms with E-state index >= 15 is 0 Å².